The van der Waals surface area contributed by atoms with E-state index in [1.807, 2.05) is 6.92 Å². The van der Waals surface area contributed by atoms with Gasteiger partial charge in [-0.25, -0.2) is 0 Å². The Morgan fingerprint density at radius 3 is 2.41 bits per heavy atom. The molecule has 1 saturated carbocycles. The van der Waals surface area contributed by atoms with Crippen molar-refractivity contribution in [1.29, 1.82) is 0 Å². The van der Waals surface area contributed by atoms with Gasteiger partial charge in [-0.2, -0.15) is 0 Å². The van der Waals surface area contributed by atoms with E-state index in [0.717, 1.165) is 19.4 Å². The Labute approximate surface area is 106 Å². The highest BCUT2D eigenvalue weighted by Gasteiger charge is 2.32. The number of nitrogens with zero attached hydrogens (tertiary/aromatic N) is 1. The Morgan fingerprint density at radius 1 is 1.29 bits per heavy atom. The Hall–Kier alpha value is -0.570. The van der Waals surface area contributed by atoms with Crippen LogP contribution in [0.15, 0.2) is 0 Å². The molecule has 0 N–H and O–H groups in total. The molecule has 1 aliphatic rings. The molecule has 0 bridgehead atoms. The van der Waals surface area contributed by atoms with Crippen molar-refractivity contribution in [3.63, 3.8) is 0 Å². The van der Waals surface area contributed by atoms with E-state index in [2.05, 4.69) is 18.7 Å². The summed E-state index contributed by atoms with van der Waals surface area (Å²) >= 11 is 0. The number of hydrogen-bond donors (Lipinski definition) is 0. The molecule has 0 aromatic heterocycles. The van der Waals surface area contributed by atoms with Gasteiger partial charge in [0.05, 0.1) is 6.61 Å². The molecule has 0 aromatic rings. The van der Waals surface area contributed by atoms with Crippen LogP contribution in [0.25, 0.3) is 0 Å². The van der Waals surface area contributed by atoms with Gasteiger partial charge in [-0.3, -0.25) is 9.69 Å². The van der Waals surface area contributed by atoms with Crippen molar-refractivity contribution in [3.05, 3.63) is 0 Å². The molecule has 1 atom stereocenters. The molecule has 1 unspecified atom stereocenters. The lowest BCUT2D eigenvalue weighted by atomic mass is 10.1. The highest BCUT2D eigenvalue weighted by molar-refractivity contribution is 5.75. The van der Waals surface area contributed by atoms with E-state index in [1.54, 1.807) is 0 Å². The van der Waals surface area contributed by atoms with Crippen molar-refractivity contribution in [2.75, 3.05) is 13.2 Å². The number of hydrogen-bond acceptors (Lipinski definition) is 3. The monoisotopic (exact) mass is 241 g/mol. The molecular formula is C14H27NO2. The van der Waals surface area contributed by atoms with Crippen molar-refractivity contribution >= 4 is 5.97 Å². The zero-order valence-corrected chi connectivity index (χ0v) is 11.6. The fourth-order valence-electron chi connectivity index (χ4n) is 2.90. The van der Waals surface area contributed by atoms with E-state index < -0.39 is 0 Å². The number of carbonyl (C=O) groups is 1. The summed E-state index contributed by atoms with van der Waals surface area (Å²) in [5, 5.41) is 0. The maximum atomic E-state index is 12.0. The molecule has 1 fully saturated rings. The fraction of sp³-hybridized carbons (Fsp3) is 0.929. The van der Waals surface area contributed by atoms with Gasteiger partial charge in [0.25, 0.3) is 0 Å². The minimum Gasteiger partial charge on any atom is -0.465 e. The smallest absolute Gasteiger partial charge is 0.323 e. The number of esters is 1. The van der Waals surface area contributed by atoms with E-state index in [4.69, 9.17) is 4.74 Å². The van der Waals surface area contributed by atoms with Crippen LogP contribution in [0.3, 0.4) is 0 Å². The first-order valence-corrected chi connectivity index (χ1v) is 7.16. The van der Waals surface area contributed by atoms with Crippen LogP contribution in [0.1, 0.15) is 59.3 Å². The second-order valence-electron chi connectivity index (χ2n) is 4.83. The molecule has 100 valence electrons. The van der Waals surface area contributed by atoms with E-state index >= 15 is 0 Å². The van der Waals surface area contributed by atoms with Crippen LogP contribution >= 0.6 is 0 Å². The fourth-order valence-corrected chi connectivity index (χ4v) is 2.90. The second kappa shape index (κ2) is 7.70. The van der Waals surface area contributed by atoms with Gasteiger partial charge in [0, 0.05) is 6.04 Å². The van der Waals surface area contributed by atoms with Crippen molar-refractivity contribution < 1.29 is 9.53 Å². The maximum Gasteiger partial charge on any atom is 0.323 e. The van der Waals surface area contributed by atoms with Crippen molar-refractivity contribution in [1.82, 2.24) is 4.90 Å². The van der Waals surface area contributed by atoms with Gasteiger partial charge in [0.15, 0.2) is 0 Å². The standard InChI is InChI=1S/C14H27NO2/c1-4-9-13(14(16)17-6-3)15(5-2)12-10-7-8-11-12/h12-13H,4-11H2,1-3H3. The van der Waals surface area contributed by atoms with E-state index in [-0.39, 0.29) is 12.0 Å². The molecule has 0 heterocycles. The number of ether oxygens (including phenoxy) is 1. The van der Waals surface area contributed by atoms with Crippen molar-refractivity contribution in [2.45, 2.75) is 71.4 Å². The first kappa shape index (κ1) is 14.5. The summed E-state index contributed by atoms with van der Waals surface area (Å²) in [6, 6.07) is 0.578. The summed E-state index contributed by atoms with van der Waals surface area (Å²) in [6.07, 6.45) is 7.06. The van der Waals surface area contributed by atoms with Crippen LogP contribution in [0, 0.1) is 0 Å². The lowest BCUT2D eigenvalue weighted by molar-refractivity contribution is -0.150. The van der Waals surface area contributed by atoms with E-state index in [1.165, 1.54) is 25.7 Å². The van der Waals surface area contributed by atoms with Crippen LogP contribution in [0.5, 0.6) is 0 Å². The van der Waals surface area contributed by atoms with Crippen LogP contribution < -0.4 is 0 Å². The third-order valence-corrected chi connectivity index (χ3v) is 3.68. The number of carbonyl (C=O) groups excluding carboxylic acids is 1. The minimum atomic E-state index is -0.0249. The van der Waals surface area contributed by atoms with Gasteiger partial charge in [-0.05, 0) is 32.7 Å². The van der Waals surface area contributed by atoms with E-state index in [0.29, 0.717) is 12.6 Å². The van der Waals surface area contributed by atoms with Gasteiger partial charge in [0.1, 0.15) is 6.04 Å². The molecule has 1 rings (SSSR count). The first-order chi connectivity index (χ1) is 8.24. The molecule has 17 heavy (non-hydrogen) atoms. The van der Waals surface area contributed by atoms with Gasteiger partial charge in [0.2, 0.25) is 0 Å². The zero-order chi connectivity index (χ0) is 12.7. The van der Waals surface area contributed by atoms with Crippen LogP contribution in [0.4, 0.5) is 0 Å². The predicted molar refractivity (Wildman–Crippen MR) is 70.0 cm³/mol. The normalized spacial score (nSPS) is 18.6. The predicted octanol–water partition coefficient (Wildman–Crippen LogP) is 2.98. The molecule has 3 heteroatoms. The van der Waals surface area contributed by atoms with Crippen molar-refractivity contribution in [2.24, 2.45) is 0 Å². The first-order valence-electron chi connectivity index (χ1n) is 7.16. The molecule has 0 aliphatic heterocycles. The minimum absolute atomic E-state index is 0.0203. The Morgan fingerprint density at radius 2 is 1.94 bits per heavy atom. The zero-order valence-electron chi connectivity index (χ0n) is 11.6. The van der Waals surface area contributed by atoms with Gasteiger partial charge in [-0.15, -0.1) is 0 Å². The molecular weight excluding hydrogens is 214 g/mol. The Bertz CT molecular complexity index is 224. The van der Waals surface area contributed by atoms with Gasteiger partial charge in [-0.1, -0.05) is 33.1 Å². The van der Waals surface area contributed by atoms with Gasteiger partial charge >= 0.3 is 5.97 Å². The molecule has 0 spiro atoms. The lowest BCUT2D eigenvalue weighted by Gasteiger charge is -2.34. The molecule has 0 radical (unpaired) electrons. The third kappa shape index (κ3) is 3.98. The average molecular weight is 241 g/mol. The summed E-state index contributed by atoms with van der Waals surface area (Å²) in [6.45, 7) is 7.61. The van der Waals surface area contributed by atoms with Crippen LogP contribution in [-0.2, 0) is 9.53 Å². The summed E-state index contributed by atoms with van der Waals surface area (Å²) in [4.78, 5) is 14.4. The highest BCUT2D eigenvalue weighted by Crippen LogP contribution is 2.26. The van der Waals surface area contributed by atoms with E-state index in [9.17, 15) is 4.79 Å². The topological polar surface area (TPSA) is 29.5 Å². The Balaban J connectivity index is 2.66. The largest absolute Gasteiger partial charge is 0.465 e. The van der Waals surface area contributed by atoms with Crippen LogP contribution in [-0.4, -0.2) is 36.1 Å². The summed E-state index contributed by atoms with van der Waals surface area (Å²) in [5.41, 5.74) is 0. The highest BCUT2D eigenvalue weighted by atomic mass is 16.5. The average Bonchev–Trinajstić information content (AvgIpc) is 2.83. The van der Waals surface area contributed by atoms with Gasteiger partial charge < -0.3 is 4.74 Å². The third-order valence-electron chi connectivity index (χ3n) is 3.68. The summed E-state index contributed by atoms with van der Waals surface area (Å²) in [5.74, 6) is -0.0249. The summed E-state index contributed by atoms with van der Waals surface area (Å²) in [7, 11) is 0. The quantitative estimate of drug-likeness (QED) is 0.642. The lowest BCUT2D eigenvalue weighted by Crippen LogP contribution is -2.47. The molecule has 0 saturated heterocycles. The molecule has 0 amide bonds. The number of likely N-dealkylation sites (N-methyl/N-ethyl adjacent to an activating group) is 1. The second-order valence-corrected chi connectivity index (χ2v) is 4.83. The van der Waals surface area contributed by atoms with Crippen LogP contribution in [0.2, 0.25) is 0 Å². The van der Waals surface area contributed by atoms with Crippen molar-refractivity contribution in [3.8, 4) is 0 Å². The SMILES string of the molecule is CCCC(C(=O)OCC)N(CC)C1CCCC1. The molecule has 3 nitrogen and oxygen atoms in total. The maximum absolute atomic E-state index is 12.0. The summed E-state index contributed by atoms with van der Waals surface area (Å²) < 4.78 is 5.22. The molecule has 0 aromatic carbocycles. The molecule has 1 aliphatic carbocycles. The number of rotatable bonds is 7. The Kier molecular flexibility index (Phi) is 6.56.